The molecule has 3 heterocycles. The average molecular weight is 348 g/mol. The van der Waals surface area contributed by atoms with Crippen molar-refractivity contribution in [2.24, 2.45) is 0 Å². The van der Waals surface area contributed by atoms with Crippen LogP contribution in [0.15, 0.2) is 30.5 Å². The minimum absolute atomic E-state index is 0.133. The number of halogens is 1. The van der Waals surface area contributed by atoms with Gasteiger partial charge in [-0.25, -0.2) is 4.79 Å². The van der Waals surface area contributed by atoms with Crippen molar-refractivity contribution >= 4 is 46.2 Å². The van der Waals surface area contributed by atoms with Crippen LogP contribution in [0.3, 0.4) is 0 Å². The number of urea groups is 1. The van der Waals surface area contributed by atoms with E-state index in [1.54, 1.807) is 24.0 Å². The predicted molar refractivity (Wildman–Crippen MR) is 90.5 cm³/mol. The van der Waals surface area contributed by atoms with E-state index in [0.717, 1.165) is 22.2 Å². The molecule has 1 atom stereocenters. The number of fused-ring (bicyclic) bond motifs is 1. The van der Waals surface area contributed by atoms with Crippen LogP contribution in [-0.2, 0) is 11.3 Å². The molecule has 2 saturated heterocycles. The molecule has 118 valence electrons. The third-order valence-electron chi connectivity index (χ3n) is 4.40. The van der Waals surface area contributed by atoms with Gasteiger partial charge in [0.1, 0.15) is 5.54 Å². The lowest BCUT2D eigenvalue weighted by atomic mass is 9.99. The topological polar surface area (TPSA) is 62.3 Å². The van der Waals surface area contributed by atoms with Crippen molar-refractivity contribution in [3.63, 3.8) is 0 Å². The first-order valence-electron chi connectivity index (χ1n) is 7.35. The summed E-state index contributed by atoms with van der Waals surface area (Å²) in [4.78, 5) is 30.7. The Labute approximate surface area is 142 Å². The number of rotatable bonds is 2. The van der Waals surface area contributed by atoms with E-state index in [9.17, 15) is 9.59 Å². The molecule has 3 amide bonds. The van der Waals surface area contributed by atoms with Crippen LogP contribution in [-0.4, -0.2) is 38.9 Å². The number of imide groups is 1. The quantitative estimate of drug-likeness (QED) is 0.848. The van der Waals surface area contributed by atoms with Gasteiger partial charge in [0.05, 0.1) is 12.1 Å². The fraction of sp³-hybridized carbons (Fsp3) is 0.312. The lowest BCUT2D eigenvalue weighted by molar-refractivity contribution is -0.130. The smallest absolute Gasteiger partial charge is 0.322 e. The van der Waals surface area contributed by atoms with Gasteiger partial charge in [0.2, 0.25) is 0 Å². The molecule has 1 N–H and O–H groups in total. The normalized spacial score (nSPS) is 24.0. The van der Waals surface area contributed by atoms with Crippen LogP contribution < -0.4 is 5.32 Å². The van der Waals surface area contributed by atoms with Gasteiger partial charge in [-0.1, -0.05) is 17.7 Å². The van der Waals surface area contributed by atoms with Crippen molar-refractivity contribution < 1.29 is 9.59 Å². The zero-order valence-corrected chi connectivity index (χ0v) is 13.8. The Hall–Kier alpha value is -1.79. The number of thioether (sulfide) groups is 1. The monoisotopic (exact) mass is 347 g/mol. The highest BCUT2D eigenvalue weighted by Crippen LogP contribution is 2.34. The predicted octanol–water partition coefficient (Wildman–Crippen LogP) is 2.82. The van der Waals surface area contributed by atoms with Gasteiger partial charge in [0.25, 0.3) is 5.91 Å². The van der Waals surface area contributed by atoms with Crippen molar-refractivity contribution in [3.8, 4) is 0 Å². The summed E-state index contributed by atoms with van der Waals surface area (Å²) >= 11 is 7.90. The summed E-state index contributed by atoms with van der Waals surface area (Å²) in [7, 11) is 0. The van der Waals surface area contributed by atoms with E-state index in [0.29, 0.717) is 17.2 Å². The number of nitrogens with zero attached hydrogens (tertiary/aromatic N) is 2. The van der Waals surface area contributed by atoms with E-state index in [1.807, 2.05) is 18.2 Å². The van der Waals surface area contributed by atoms with Gasteiger partial charge in [-0.3, -0.25) is 14.7 Å². The maximum absolute atomic E-state index is 12.7. The van der Waals surface area contributed by atoms with Crippen molar-refractivity contribution in [2.75, 3.05) is 11.5 Å². The average Bonchev–Trinajstić information content (AvgIpc) is 3.11. The summed E-state index contributed by atoms with van der Waals surface area (Å²) < 4.78 is 0. The van der Waals surface area contributed by atoms with Crippen LogP contribution in [0.25, 0.3) is 10.9 Å². The Morgan fingerprint density at radius 3 is 3.00 bits per heavy atom. The number of hydrogen-bond acceptors (Lipinski definition) is 4. The summed E-state index contributed by atoms with van der Waals surface area (Å²) in [6, 6.07) is 6.98. The summed E-state index contributed by atoms with van der Waals surface area (Å²) in [6.45, 7) is 0.210. The van der Waals surface area contributed by atoms with E-state index < -0.39 is 5.54 Å². The number of amides is 3. The Balaban J connectivity index is 1.70. The van der Waals surface area contributed by atoms with Crippen LogP contribution in [0.1, 0.15) is 12.0 Å². The maximum atomic E-state index is 12.7. The Morgan fingerprint density at radius 1 is 1.35 bits per heavy atom. The number of benzene rings is 1. The van der Waals surface area contributed by atoms with Gasteiger partial charge < -0.3 is 5.32 Å². The SMILES string of the molecule is O=C1N[C@@]2(CCSC2)C(=O)N1Cc1ccc(Cl)c2cccnc12. The minimum atomic E-state index is -0.711. The van der Waals surface area contributed by atoms with Gasteiger partial charge >= 0.3 is 6.03 Å². The fourth-order valence-corrected chi connectivity index (χ4v) is 4.69. The van der Waals surface area contributed by atoms with Gasteiger partial charge in [-0.2, -0.15) is 11.8 Å². The molecule has 0 saturated carbocycles. The lowest BCUT2D eigenvalue weighted by Gasteiger charge is -2.19. The van der Waals surface area contributed by atoms with E-state index in [-0.39, 0.29) is 18.5 Å². The van der Waals surface area contributed by atoms with E-state index >= 15 is 0 Å². The molecule has 4 rings (SSSR count). The third-order valence-corrected chi connectivity index (χ3v) is 5.92. The second-order valence-electron chi connectivity index (χ2n) is 5.81. The van der Waals surface area contributed by atoms with Gasteiger partial charge in [-0.15, -0.1) is 0 Å². The van der Waals surface area contributed by atoms with Crippen LogP contribution in [0, 0.1) is 0 Å². The van der Waals surface area contributed by atoms with Gasteiger partial charge in [0, 0.05) is 22.4 Å². The molecule has 1 aromatic carbocycles. The molecule has 5 nitrogen and oxygen atoms in total. The van der Waals surface area contributed by atoms with Crippen LogP contribution in [0.4, 0.5) is 4.79 Å². The second-order valence-corrected chi connectivity index (χ2v) is 7.32. The fourth-order valence-electron chi connectivity index (χ4n) is 3.15. The van der Waals surface area contributed by atoms with Crippen LogP contribution in [0.2, 0.25) is 5.02 Å². The molecule has 7 heteroatoms. The molecule has 0 radical (unpaired) electrons. The summed E-state index contributed by atoms with van der Waals surface area (Å²) in [5, 5.41) is 4.31. The summed E-state index contributed by atoms with van der Waals surface area (Å²) in [5.41, 5.74) is 0.829. The highest BCUT2D eigenvalue weighted by Gasteiger charge is 2.52. The van der Waals surface area contributed by atoms with Crippen LogP contribution in [0.5, 0.6) is 0 Å². The molecule has 0 aliphatic carbocycles. The van der Waals surface area contributed by atoms with Crippen molar-refractivity contribution in [3.05, 3.63) is 41.0 Å². The Morgan fingerprint density at radius 2 is 2.22 bits per heavy atom. The molecule has 0 bridgehead atoms. The van der Waals surface area contributed by atoms with Crippen molar-refractivity contribution in [1.29, 1.82) is 0 Å². The molecule has 23 heavy (non-hydrogen) atoms. The standard InChI is InChI=1S/C16H14ClN3O2S/c17-12-4-3-10(13-11(12)2-1-6-18-13)8-20-14(21)16(19-15(20)22)5-7-23-9-16/h1-4,6H,5,7-9H2,(H,19,22)/t16-/m1/s1. The number of nitrogens with one attached hydrogen (secondary N) is 1. The van der Waals surface area contributed by atoms with E-state index in [1.165, 1.54) is 4.90 Å². The highest BCUT2D eigenvalue weighted by atomic mass is 35.5. The van der Waals surface area contributed by atoms with Crippen LogP contribution >= 0.6 is 23.4 Å². The highest BCUT2D eigenvalue weighted by molar-refractivity contribution is 7.99. The number of aromatic nitrogens is 1. The first kappa shape index (κ1) is 14.8. The molecule has 1 aromatic heterocycles. The summed E-state index contributed by atoms with van der Waals surface area (Å²) in [5.74, 6) is 1.41. The number of carbonyl (C=O) groups is 2. The molecular formula is C16H14ClN3O2S. The molecule has 2 aliphatic heterocycles. The van der Waals surface area contributed by atoms with E-state index in [4.69, 9.17) is 11.6 Å². The largest absolute Gasteiger partial charge is 0.325 e. The third kappa shape index (κ3) is 2.28. The number of pyridine rings is 1. The lowest BCUT2D eigenvalue weighted by Crippen LogP contribution is -2.46. The molecule has 0 unspecified atom stereocenters. The zero-order valence-electron chi connectivity index (χ0n) is 12.2. The molecule has 2 aliphatic rings. The Kier molecular flexibility index (Phi) is 3.46. The summed E-state index contributed by atoms with van der Waals surface area (Å²) in [6.07, 6.45) is 2.38. The molecule has 2 aromatic rings. The maximum Gasteiger partial charge on any atom is 0.325 e. The van der Waals surface area contributed by atoms with Crippen molar-refractivity contribution in [1.82, 2.24) is 15.2 Å². The zero-order chi connectivity index (χ0) is 16.0. The van der Waals surface area contributed by atoms with Gasteiger partial charge in [-0.05, 0) is 35.9 Å². The van der Waals surface area contributed by atoms with Gasteiger partial charge in [0.15, 0.2) is 0 Å². The second kappa shape index (κ2) is 5.39. The van der Waals surface area contributed by atoms with E-state index in [2.05, 4.69) is 10.3 Å². The Bertz CT molecular complexity index is 820. The minimum Gasteiger partial charge on any atom is -0.322 e. The first-order chi connectivity index (χ1) is 11.1. The van der Waals surface area contributed by atoms with Crippen molar-refractivity contribution in [2.45, 2.75) is 18.5 Å². The molecule has 2 fully saturated rings. The number of hydrogen-bond donors (Lipinski definition) is 1. The number of carbonyl (C=O) groups excluding carboxylic acids is 2. The molecule has 1 spiro atoms. The first-order valence-corrected chi connectivity index (χ1v) is 8.88. The molecular weight excluding hydrogens is 334 g/mol.